The molecule has 0 atom stereocenters. The minimum Gasteiger partial charge on any atom is -0.478 e. The standard InChI is InChI=1S/C13H13NO2S/c1-3-9-4-7-12(17-9)11-6-5-10(13(15)16)8(2)14-11/h4-7H,3H2,1-2H3,(H,15,16). The second-order valence-corrected chi connectivity index (χ2v) is 4.92. The third kappa shape index (κ3) is 2.36. The second-order valence-electron chi connectivity index (χ2n) is 3.75. The van der Waals surface area contributed by atoms with Crippen LogP contribution in [-0.4, -0.2) is 16.1 Å². The summed E-state index contributed by atoms with van der Waals surface area (Å²) in [5, 5.41) is 8.93. The lowest BCUT2D eigenvalue weighted by Gasteiger charge is -2.02. The summed E-state index contributed by atoms with van der Waals surface area (Å²) >= 11 is 1.70. The molecule has 2 rings (SSSR count). The minimum atomic E-state index is -0.929. The van der Waals surface area contributed by atoms with E-state index in [1.165, 1.54) is 4.88 Å². The van der Waals surface area contributed by atoms with E-state index in [4.69, 9.17) is 5.11 Å². The first-order valence-electron chi connectivity index (χ1n) is 5.42. The van der Waals surface area contributed by atoms with Crippen molar-refractivity contribution in [2.24, 2.45) is 0 Å². The summed E-state index contributed by atoms with van der Waals surface area (Å²) in [5.41, 5.74) is 1.67. The van der Waals surface area contributed by atoms with Gasteiger partial charge >= 0.3 is 5.97 Å². The van der Waals surface area contributed by atoms with Crippen LogP contribution in [0.1, 0.15) is 27.9 Å². The van der Waals surface area contributed by atoms with Crippen molar-refractivity contribution < 1.29 is 9.90 Å². The van der Waals surface area contributed by atoms with E-state index in [0.717, 1.165) is 17.0 Å². The van der Waals surface area contributed by atoms with Crippen LogP contribution in [0.5, 0.6) is 0 Å². The molecule has 17 heavy (non-hydrogen) atoms. The van der Waals surface area contributed by atoms with E-state index in [9.17, 15) is 4.79 Å². The van der Waals surface area contributed by atoms with E-state index < -0.39 is 5.97 Å². The molecule has 0 saturated carbocycles. The molecule has 0 saturated heterocycles. The molecule has 2 aromatic heterocycles. The van der Waals surface area contributed by atoms with E-state index in [1.54, 1.807) is 30.4 Å². The number of aromatic carboxylic acids is 1. The molecule has 0 amide bonds. The van der Waals surface area contributed by atoms with Crippen LogP contribution in [-0.2, 0) is 6.42 Å². The van der Waals surface area contributed by atoms with E-state index in [-0.39, 0.29) is 5.56 Å². The van der Waals surface area contributed by atoms with E-state index in [2.05, 4.69) is 18.0 Å². The molecule has 0 aliphatic heterocycles. The highest BCUT2D eigenvalue weighted by Crippen LogP contribution is 2.27. The van der Waals surface area contributed by atoms with Gasteiger partial charge in [-0.25, -0.2) is 4.79 Å². The molecular formula is C13H13NO2S. The predicted molar refractivity (Wildman–Crippen MR) is 68.6 cm³/mol. The number of thiophene rings is 1. The third-order valence-corrected chi connectivity index (χ3v) is 3.83. The average molecular weight is 247 g/mol. The zero-order valence-corrected chi connectivity index (χ0v) is 10.5. The van der Waals surface area contributed by atoms with Crippen LogP contribution in [0.25, 0.3) is 10.6 Å². The van der Waals surface area contributed by atoms with Gasteiger partial charge in [-0.2, -0.15) is 0 Å². The van der Waals surface area contributed by atoms with Crippen LogP contribution < -0.4 is 0 Å². The first-order chi connectivity index (χ1) is 8.11. The fraction of sp³-hybridized carbons (Fsp3) is 0.231. The molecule has 88 valence electrons. The van der Waals surface area contributed by atoms with Gasteiger partial charge in [-0.3, -0.25) is 4.98 Å². The summed E-state index contributed by atoms with van der Waals surface area (Å²) in [7, 11) is 0. The Labute approximate surface area is 104 Å². The third-order valence-electron chi connectivity index (χ3n) is 2.58. The zero-order chi connectivity index (χ0) is 12.4. The van der Waals surface area contributed by atoms with E-state index in [1.807, 2.05) is 6.07 Å². The van der Waals surface area contributed by atoms with Crippen molar-refractivity contribution >= 4 is 17.3 Å². The maximum atomic E-state index is 10.9. The molecule has 4 heteroatoms. The highest BCUT2D eigenvalue weighted by molar-refractivity contribution is 7.15. The Kier molecular flexibility index (Phi) is 3.24. The summed E-state index contributed by atoms with van der Waals surface area (Å²) < 4.78 is 0. The van der Waals surface area contributed by atoms with Crippen molar-refractivity contribution in [1.29, 1.82) is 0 Å². The van der Waals surface area contributed by atoms with E-state index >= 15 is 0 Å². The van der Waals surface area contributed by atoms with Gasteiger partial charge in [0.05, 0.1) is 21.8 Å². The number of carbonyl (C=O) groups is 1. The maximum absolute atomic E-state index is 10.9. The van der Waals surface area contributed by atoms with Gasteiger partial charge in [-0.15, -0.1) is 11.3 Å². The van der Waals surface area contributed by atoms with Crippen LogP contribution in [0.4, 0.5) is 0 Å². The highest BCUT2D eigenvalue weighted by Gasteiger charge is 2.10. The number of rotatable bonds is 3. The topological polar surface area (TPSA) is 50.2 Å². The van der Waals surface area contributed by atoms with Crippen molar-refractivity contribution in [2.75, 3.05) is 0 Å². The Bertz CT molecular complexity index is 560. The lowest BCUT2D eigenvalue weighted by Crippen LogP contribution is -2.01. The molecule has 0 aliphatic carbocycles. The Balaban J connectivity index is 2.40. The summed E-state index contributed by atoms with van der Waals surface area (Å²) in [6.45, 7) is 3.84. The Morgan fingerprint density at radius 3 is 2.65 bits per heavy atom. The van der Waals surface area contributed by atoms with Crippen molar-refractivity contribution in [3.63, 3.8) is 0 Å². The summed E-state index contributed by atoms with van der Waals surface area (Å²) in [6.07, 6.45) is 1.01. The maximum Gasteiger partial charge on any atom is 0.337 e. The monoisotopic (exact) mass is 247 g/mol. The minimum absolute atomic E-state index is 0.265. The van der Waals surface area contributed by atoms with Gasteiger partial charge in [0.1, 0.15) is 0 Å². The van der Waals surface area contributed by atoms with Gasteiger partial charge in [0.2, 0.25) is 0 Å². The van der Waals surface area contributed by atoms with Gasteiger partial charge in [-0.1, -0.05) is 6.92 Å². The molecule has 3 nitrogen and oxygen atoms in total. The predicted octanol–water partition coefficient (Wildman–Crippen LogP) is 3.38. The average Bonchev–Trinajstić information content (AvgIpc) is 2.76. The van der Waals surface area contributed by atoms with Crippen molar-refractivity contribution in [2.45, 2.75) is 20.3 Å². The van der Waals surface area contributed by atoms with Crippen LogP contribution >= 0.6 is 11.3 Å². The Morgan fingerprint density at radius 1 is 1.35 bits per heavy atom. The van der Waals surface area contributed by atoms with Crippen LogP contribution in [0.3, 0.4) is 0 Å². The van der Waals surface area contributed by atoms with Crippen LogP contribution in [0, 0.1) is 6.92 Å². The molecule has 0 aliphatic rings. The second kappa shape index (κ2) is 4.67. The lowest BCUT2D eigenvalue weighted by molar-refractivity contribution is 0.0695. The van der Waals surface area contributed by atoms with Crippen LogP contribution in [0.2, 0.25) is 0 Å². The number of hydrogen-bond donors (Lipinski definition) is 1. The van der Waals surface area contributed by atoms with Gasteiger partial charge in [-0.05, 0) is 37.6 Å². The van der Waals surface area contributed by atoms with Crippen LogP contribution in [0.15, 0.2) is 24.3 Å². The molecule has 0 fully saturated rings. The molecule has 0 spiro atoms. The zero-order valence-electron chi connectivity index (χ0n) is 9.73. The number of carboxylic acid groups (broad SMARTS) is 1. The molecule has 0 bridgehead atoms. The van der Waals surface area contributed by atoms with Crippen molar-refractivity contribution in [3.8, 4) is 10.6 Å². The quantitative estimate of drug-likeness (QED) is 0.904. The number of carboxylic acids is 1. The first kappa shape index (κ1) is 11.8. The number of nitrogens with zero attached hydrogens (tertiary/aromatic N) is 1. The summed E-state index contributed by atoms with van der Waals surface area (Å²) in [5.74, 6) is -0.929. The summed E-state index contributed by atoms with van der Waals surface area (Å²) in [6, 6.07) is 7.50. The summed E-state index contributed by atoms with van der Waals surface area (Å²) in [4.78, 5) is 17.6. The molecule has 2 aromatic rings. The number of aromatic nitrogens is 1. The normalized spacial score (nSPS) is 10.5. The van der Waals surface area contributed by atoms with E-state index in [0.29, 0.717) is 5.69 Å². The largest absolute Gasteiger partial charge is 0.478 e. The Hall–Kier alpha value is -1.68. The molecule has 1 N–H and O–H groups in total. The molecule has 2 heterocycles. The van der Waals surface area contributed by atoms with Gasteiger partial charge < -0.3 is 5.11 Å². The van der Waals surface area contributed by atoms with Gasteiger partial charge in [0, 0.05) is 4.88 Å². The molecule has 0 radical (unpaired) electrons. The molecule has 0 unspecified atom stereocenters. The number of pyridine rings is 1. The molecule has 0 aromatic carbocycles. The highest BCUT2D eigenvalue weighted by atomic mass is 32.1. The SMILES string of the molecule is CCc1ccc(-c2ccc(C(=O)O)c(C)n2)s1. The molecular weight excluding hydrogens is 234 g/mol. The lowest BCUT2D eigenvalue weighted by atomic mass is 10.2. The van der Waals surface area contributed by atoms with Gasteiger partial charge in [0.25, 0.3) is 0 Å². The van der Waals surface area contributed by atoms with Crippen molar-refractivity contribution in [3.05, 3.63) is 40.4 Å². The fourth-order valence-electron chi connectivity index (χ4n) is 1.63. The Morgan fingerprint density at radius 2 is 2.12 bits per heavy atom. The van der Waals surface area contributed by atoms with Crippen molar-refractivity contribution in [1.82, 2.24) is 4.98 Å². The van der Waals surface area contributed by atoms with Gasteiger partial charge in [0.15, 0.2) is 0 Å². The first-order valence-corrected chi connectivity index (χ1v) is 6.23. The smallest absolute Gasteiger partial charge is 0.337 e. The number of aryl methyl sites for hydroxylation is 2. The fourth-order valence-corrected chi connectivity index (χ4v) is 2.55. The number of hydrogen-bond acceptors (Lipinski definition) is 3.